The van der Waals surface area contributed by atoms with Crippen molar-refractivity contribution in [3.05, 3.63) is 60.4 Å². The maximum atomic E-state index is 11.0. The summed E-state index contributed by atoms with van der Waals surface area (Å²) in [6, 6.07) is 14.5. The average Bonchev–Trinajstić information content (AvgIpc) is 2.96. The Kier molecular flexibility index (Phi) is 11.2. The second kappa shape index (κ2) is 15.3. The monoisotopic (exact) mass is 545 g/mol. The second-order valence-corrected chi connectivity index (χ2v) is 10.6. The molecule has 3 heterocycles. The Labute approximate surface area is 238 Å². The lowest BCUT2D eigenvalue weighted by molar-refractivity contribution is -0.138. The van der Waals surface area contributed by atoms with Crippen LogP contribution >= 0.6 is 0 Å². The van der Waals surface area contributed by atoms with E-state index in [2.05, 4.69) is 57.8 Å². The third-order valence-electron chi connectivity index (χ3n) is 7.43. The SMILES string of the molecule is CCCCN(CCCNC)c1ccc(-c2ccnc(Nc3cccc(CC4CCN(CC(=O)O)CC4)c3)n2)cn1. The molecular formula is C31H43N7O2. The highest BCUT2D eigenvalue weighted by molar-refractivity contribution is 5.69. The Hall–Kier alpha value is -3.56. The Morgan fingerprint density at radius 3 is 2.65 bits per heavy atom. The molecule has 0 saturated carbocycles. The van der Waals surface area contributed by atoms with E-state index >= 15 is 0 Å². The van der Waals surface area contributed by atoms with E-state index in [4.69, 9.17) is 15.1 Å². The summed E-state index contributed by atoms with van der Waals surface area (Å²) in [4.78, 5) is 29.4. The van der Waals surface area contributed by atoms with E-state index in [9.17, 15) is 4.79 Å². The number of pyridine rings is 1. The lowest BCUT2D eigenvalue weighted by Crippen LogP contribution is -2.37. The van der Waals surface area contributed by atoms with Gasteiger partial charge in [0.2, 0.25) is 5.95 Å². The van der Waals surface area contributed by atoms with Crippen LogP contribution in [0.1, 0.15) is 44.6 Å². The number of carboxylic acids is 1. The maximum absolute atomic E-state index is 11.0. The molecule has 3 N–H and O–H groups in total. The molecule has 2 aromatic heterocycles. The lowest BCUT2D eigenvalue weighted by Gasteiger charge is -2.30. The van der Waals surface area contributed by atoms with Gasteiger partial charge in [-0.25, -0.2) is 15.0 Å². The number of nitrogens with one attached hydrogen (secondary N) is 2. The van der Waals surface area contributed by atoms with Crippen LogP contribution in [0.2, 0.25) is 0 Å². The van der Waals surface area contributed by atoms with Gasteiger partial charge in [0.15, 0.2) is 0 Å². The number of aliphatic carboxylic acids is 1. The predicted octanol–water partition coefficient (Wildman–Crippen LogP) is 4.84. The van der Waals surface area contributed by atoms with Gasteiger partial charge in [-0.3, -0.25) is 9.69 Å². The maximum Gasteiger partial charge on any atom is 0.317 e. The third-order valence-corrected chi connectivity index (χ3v) is 7.43. The van der Waals surface area contributed by atoms with Crippen LogP contribution in [0.3, 0.4) is 0 Å². The van der Waals surface area contributed by atoms with Gasteiger partial charge in [-0.1, -0.05) is 25.5 Å². The van der Waals surface area contributed by atoms with Gasteiger partial charge >= 0.3 is 5.97 Å². The minimum atomic E-state index is -0.749. The molecule has 1 aliphatic rings. The Bertz CT molecular complexity index is 1200. The number of benzene rings is 1. The number of hydrogen-bond donors (Lipinski definition) is 3. The van der Waals surface area contributed by atoms with E-state index in [1.54, 1.807) is 6.20 Å². The number of carbonyl (C=O) groups is 1. The van der Waals surface area contributed by atoms with E-state index in [-0.39, 0.29) is 6.54 Å². The molecule has 0 spiro atoms. The molecule has 0 aliphatic carbocycles. The first-order valence-electron chi connectivity index (χ1n) is 14.5. The zero-order chi connectivity index (χ0) is 28.2. The summed E-state index contributed by atoms with van der Waals surface area (Å²) in [5.74, 6) is 1.38. The first-order valence-corrected chi connectivity index (χ1v) is 14.5. The minimum Gasteiger partial charge on any atom is -0.480 e. The summed E-state index contributed by atoms with van der Waals surface area (Å²) in [5.41, 5.74) is 4.01. The minimum absolute atomic E-state index is 0.139. The van der Waals surface area contributed by atoms with E-state index < -0.39 is 5.97 Å². The molecule has 0 bridgehead atoms. The highest BCUT2D eigenvalue weighted by Crippen LogP contribution is 2.25. The van der Waals surface area contributed by atoms with Gasteiger partial charge in [0.05, 0.1) is 12.2 Å². The van der Waals surface area contributed by atoms with Crippen molar-refractivity contribution >= 4 is 23.4 Å². The van der Waals surface area contributed by atoms with Gasteiger partial charge in [-0.2, -0.15) is 0 Å². The van der Waals surface area contributed by atoms with Crippen molar-refractivity contribution < 1.29 is 9.90 Å². The van der Waals surface area contributed by atoms with E-state index in [0.717, 1.165) is 94.0 Å². The number of hydrogen-bond acceptors (Lipinski definition) is 8. The van der Waals surface area contributed by atoms with Crippen LogP contribution in [-0.4, -0.2) is 77.2 Å². The molecule has 9 nitrogen and oxygen atoms in total. The Morgan fingerprint density at radius 1 is 1.10 bits per heavy atom. The molecule has 40 heavy (non-hydrogen) atoms. The molecule has 1 aliphatic heterocycles. The second-order valence-electron chi connectivity index (χ2n) is 10.6. The summed E-state index contributed by atoms with van der Waals surface area (Å²) < 4.78 is 0. The molecule has 1 aromatic carbocycles. The van der Waals surface area contributed by atoms with E-state index in [1.807, 2.05) is 30.3 Å². The molecule has 0 atom stereocenters. The predicted molar refractivity (Wildman–Crippen MR) is 161 cm³/mol. The Morgan fingerprint density at radius 2 is 1.93 bits per heavy atom. The van der Waals surface area contributed by atoms with Crippen LogP contribution in [0, 0.1) is 5.92 Å². The molecule has 9 heteroatoms. The summed E-state index contributed by atoms with van der Waals surface area (Å²) in [5, 5.41) is 15.6. The first-order chi connectivity index (χ1) is 19.5. The number of aromatic nitrogens is 3. The fourth-order valence-corrected chi connectivity index (χ4v) is 5.22. The summed E-state index contributed by atoms with van der Waals surface area (Å²) in [6.07, 6.45) is 10.1. The normalized spacial score (nSPS) is 14.2. The van der Waals surface area contributed by atoms with Crippen molar-refractivity contribution in [2.45, 2.75) is 45.4 Å². The van der Waals surface area contributed by atoms with Crippen molar-refractivity contribution in [2.24, 2.45) is 5.92 Å². The fourth-order valence-electron chi connectivity index (χ4n) is 5.22. The smallest absolute Gasteiger partial charge is 0.317 e. The zero-order valence-electron chi connectivity index (χ0n) is 23.9. The number of rotatable bonds is 15. The van der Waals surface area contributed by atoms with Crippen LogP contribution in [0.4, 0.5) is 17.5 Å². The largest absolute Gasteiger partial charge is 0.480 e. The van der Waals surface area contributed by atoms with Crippen molar-refractivity contribution in [3.63, 3.8) is 0 Å². The number of likely N-dealkylation sites (tertiary alicyclic amines) is 1. The molecule has 1 saturated heterocycles. The van der Waals surface area contributed by atoms with Crippen molar-refractivity contribution in [3.8, 4) is 11.3 Å². The topological polar surface area (TPSA) is 107 Å². The highest BCUT2D eigenvalue weighted by Gasteiger charge is 2.21. The van der Waals surface area contributed by atoms with Crippen LogP contribution in [0.25, 0.3) is 11.3 Å². The van der Waals surface area contributed by atoms with Gasteiger partial charge in [0.1, 0.15) is 5.82 Å². The van der Waals surface area contributed by atoms with Crippen LogP contribution < -0.4 is 15.5 Å². The van der Waals surface area contributed by atoms with Gasteiger partial charge in [-0.15, -0.1) is 0 Å². The molecular weight excluding hydrogens is 502 g/mol. The van der Waals surface area contributed by atoms with Gasteiger partial charge in [-0.05, 0) is 101 Å². The Balaban J connectivity index is 1.37. The summed E-state index contributed by atoms with van der Waals surface area (Å²) >= 11 is 0. The fraction of sp³-hybridized carbons (Fsp3) is 0.484. The van der Waals surface area contributed by atoms with E-state index in [0.29, 0.717) is 11.9 Å². The molecule has 0 unspecified atom stereocenters. The molecule has 0 radical (unpaired) electrons. The number of unbranched alkanes of at least 4 members (excludes halogenated alkanes) is 1. The number of carboxylic acid groups (broad SMARTS) is 1. The number of nitrogens with zero attached hydrogens (tertiary/aromatic N) is 5. The van der Waals surface area contributed by atoms with Crippen molar-refractivity contribution in [1.82, 2.24) is 25.2 Å². The highest BCUT2D eigenvalue weighted by atomic mass is 16.4. The standard InChI is InChI=1S/C31H43N7O2/c1-3-4-16-38(17-6-14-32-2)29-10-9-26(22-34-29)28-11-15-33-31(36-28)35-27-8-5-7-25(21-27)20-24-12-18-37(19-13-24)23-30(39)40/h5,7-11,15,21-22,24,32H,3-4,6,12-14,16-20,23H2,1-2H3,(H,39,40)(H,33,35,36). The van der Waals surface area contributed by atoms with Crippen LogP contribution in [0.15, 0.2) is 54.9 Å². The number of anilines is 3. The average molecular weight is 546 g/mol. The molecule has 214 valence electrons. The van der Waals surface area contributed by atoms with Crippen molar-refractivity contribution in [2.75, 3.05) is 56.5 Å². The molecule has 3 aromatic rings. The van der Waals surface area contributed by atoms with Gasteiger partial charge < -0.3 is 20.6 Å². The van der Waals surface area contributed by atoms with Crippen LogP contribution in [0.5, 0.6) is 0 Å². The first kappa shape index (κ1) is 29.4. The number of piperidine rings is 1. The van der Waals surface area contributed by atoms with Crippen LogP contribution in [-0.2, 0) is 11.2 Å². The summed E-state index contributed by atoms with van der Waals surface area (Å²) in [6.45, 7) is 7.04. The zero-order valence-corrected chi connectivity index (χ0v) is 23.9. The van der Waals surface area contributed by atoms with Gasteiger partial charge in [0.25, 0.3) is 0 Å². The molecule has 0 amide bonds. The third kappa shape index (κ3) is 8.99. The molecule has 4 rings (SSSR count). The quantitative estimate of drug-likeness (QED) is 0.231. The van der Waals surface area contributed by atoms with E-state index in [1.165, 1.54) is 5.56 Å². The summed E-state index contributed by atoms with van der Waals surface area (Å²) in [7, 11) is 1.99. The molecule has 1 fully saturated rings. The van der Waals surface area contributed by atoms with Crippen molar-refractivity contribution in [1.29, 1.82) is 0 Å². The lowest BCUT2D eigenvalue weighted by atomic mass is 9.90. The van der Waals surface area contributed by atoms with Gasteiger partial charge in [0, 0.05) is 36.7 Å².